The van der Waals surface area contributed by atoms with Crippen molar-refractivity contribution in [2.24, 2.45) is 5.73 Å². The van der Waals surface area contributed by atoms with Gasteiger partial charge in [-0.2, -0.15) is 0 Å². The van der Waals surface area contributed by atoms with Crippen molar-refractivity contribution >= 4 is 12.4 Å². The van der Waals surface area contributed by atoms with Crippen LogP contribution in [0.25, 0.3) is 0 Å². The average Bonchev–Trinajstić information content (AvgIpc) is 2.17. The van der Waals surface area contributed by atoms with Gasteiger partial charge >= 0.3 is 0 Å². The maximum absolute atomic E-state index is 5.84. The van der Waals surface area contributed by atoms with Gasteiger partial charge < -0.3 is 5.73 Å². The largest absolute Gasteiger partial charge is 0.327 e. The molecule has 0 heterocycles. The molecule has 92 valence electrons. The van der Waals surface area contributed by atoms with Crippen molar-refractivity contribution in [3.63, 3.8) is 0 Å². The van der Waals surface area contributed by atoms with E-state index in [0.29, 0.717) is 6.04 Å². The van der Waals surface area contributed by atoms with Crippen molar-refractivity contribution in [2.45, 2.75) is 39.4 Å². The van der Waals surface area contributed by atoms with Gasteiger partial charge in [0.2, 0.25) is 0 Å². The molecule has 16 heavy (non-hydrogen) atoms. The summed E-state index contributed by atoms with van der Waals surface area (Å²) in [6.07, 6.45) is 0. The van der Waals surface area contributed by atoms with Crippen LogP contribution in [-0.2, 0) is 6.54 Å². The van der Waals surface area contributed by atoms with Crippen LogP contribution in [0.15, 0.2) is 30.3 Å². The molecule has 0 aliphatic heterocycles. The zero-order valence-electron chi connectivity index (χ0n) is 10.4. The molecule has 1 unspecified atom stereocenters. The number of halogens is 1. The van der Waals surface area contributed by atoms with Crippen LogP contribution in [0.3, 0.4) is 0 Å². The first-order valence-electron chi connectivity index (χ1n) is 5.63. The molecule has 0 saturated carbocycles. The molecule has 0 bridgehead atoms. The first kappa shape index (κ1) is 15.4. The third-order valence-corrected chi connectivity index (χ3v) is 2.48. The summed E-state index contributed by atoms with van der Waals surface area (Å²) in [7, 11) is 0. The standard InChI is InChI=1S/C13H22N2.ClH/c1-11(2)15(9-12(3)14)10-13-7-5-4-6-8-13;/h4-8,11-12H,9-10,14H2,1-3H3;1H. The number of hydrogen-bond donors (Lipinski definition) is 1. The second-order valence-electron chi connectivity index (χ2n) is 4.49. The predicted molar refractivity (Wildman–Crippen MR) is 72.9 cm³/mol. The van der Waals surface area contributed by atoms with E-state index < -0.39 is 0 Å². The summed E-state index contributed by atoms with van der Waals surface area (Å²) >= 11 is 0. The van der Waals surface area contributed by atoms with Gasteiger partial charge in [0, 0.05) is 25.2 Å². The molecule has 0 aromatic heterocycles. The van der Waals surface area contributed by atoms with E-state index in [1.807, 2.05) is 0 Å². The Morgan fingerprint density at radius 1 is 1.12 bits per heavy atom. The molecule has 2 N–H and O–H groups in total. The summed E-state index contributed by atoms with van der Waals surface area (Å²) < 4.78 is 0. The van der Waals surface area contributed by atoms with Gasteiger partial charge in [-0.15, -0.1) is 12.4 Å². The molecule has 1 rings (SSSR count). The van der Waals surface area contributed by atoms with Crippen molar-refractivity contribution in [1.82, 2.24) is 4.90 Å². The highest BCUT2D eigenvalue weighted by atomic mass is 35.5. The van der Waals surface area contributed by atoms with E-state index in [4.69, 9.17) is 5.73 Å². The lowest BCUT2D eigenvalue weighted by molar-refractivity contribution is 0.203. The minimum atomic E-state index is 0. The zero-order valence-corrected chi connectivity index (χ0v) is 11.2. The van der Waals surface area contributed by atoms with Gasteiger partial charge in [0.1, 0.15) is 0 Å². The van der Waals surface area contributed by atoms with Crippen molar-refractivity contribution in [3.05, 3.63) is 35.9 Å². The Balaban J connectivity index is 0.00000225. The summed E-state index contributed by atoms with van der Waals surface area (Å²) in [4.78, 5) is 2.40. The van der Waals surface area contributed by atoms with E-state index in [9.17, 15) is 0 Å². The smallest absolute Gasteiger partial charge is 0.0237 e. The number of rotatable bonds is 5. The molecule has 0 amide bonds. The van der Waals surface area contributed by atoms with Crippen molar-refractivity contribution < 1.29 is 0 Å². The molecule has 1 aromatic carbocycles. The number of nitrogens with two attached hydrogens (primary N) is 1. The maximum atomic E-state index is 5.84. The van der Waals surface area contributed by atoms with Crippen LogP contribution < -0.4 is 5.73 Å². The number of hydrogen-bond acceptors (Lipinski definition) is 2. The minimum Gasteiger partial charge on any atom is -0.327 e. The second-order valence-corrected chi connectivity index (χ2v) is 4.49. The topological polar surface area (TPSA) is 29.3 Å². The number of nitrogens with zero attached hydrogens (tertiary/aromatic N) is 1. The first-order chi connectivity index (χ1) is 7.09. The third kappa shape index (κ3) is 5.50. The van der Waals surface area contributed by atoms with E-state index in [2.05, 4.69) is 56.0 Å². The molecule has 0 fully saturated rings. The van der Waals surface area contributed by atoms with Crippen LogP contribution in [0.1, 0.15) is 26.3 Å². The van der Waals surface area contributed by atoms with E-state index in [0.717, 1.165) is 13.1 Å². The van der Waals surface area contributed by atoms with Gasteiger partial charge in [-0.25, -0.2) is 0 Å². The summed E-state index contributed by atoms with van der Waals surface area (Å²) in [5, 5.41) is 0. The molecule has 0 spiro atoms. The molecule has 2 nitrogen and oxygen atoms in total. The molecule has 0 radical (unpaired) electrons. The van der Waals surface area contributed by atoms with Gasteiger partial charge in [0.25, 0.3) is 0 Å². The third-order valence-electron chi connectivity index (χ3n) is 2.48. The summed E-state index contributed by atoms with van der Waals surface area (Å²) in [5.74, 6) is 0. The fourth-order valence-electron chi connectivity index (χ4n) is 1.65. The SMILES string of the molecule is CC(N)CN(Cc1ccccc1)C(C)C.Cl. The van der Waals surface area contributed by atoms with Gasteiger partial charge in [-0.1, -0.05) is 30.3 Å². The zero-order chi connectivity index (χ0) is 11.3. The molecule has 0 saturated heterocycles. The summed E-state index contributed by atoms with van der Waals surface area (Å²) in [5.41, 5.74) is 7.20. The van der Waals surface area contributed by atoms with Crippen molar-refractivity contribution in [1.29, 1.82) is 0 Å². The highest BCUT2D eigenvalue weighted by molar-refractivity contribution is 5.85. The van der Waals surface area contributed by atoms with E-state index >= 15 is 0 Å². The lowest BCUT2D eigenvalue weighted by Gasteiger charge is -2.28. The Hall–Kier alpha value is -0.570. The Bertz CT molecular complexity index is 273. The molecular weight excluding hydrogens is 220 g/mol. The first-order valence-corrected chi connectivity index (χ1v) is 5.63. The monoisotopic (exact) mass is 242 g/mol. The molecular formula is C13H23ClN2. The van der Waals surface area contributed by atoms with E-state index in [1.54, 1.807) is 0 Å². The summed E-state index contributed by atoms with van der Waals surface area (Å²) in [6, 6.07) is 11.3. The number of benzene rings is 1. The van der Waals surface area contributed by atoms with Gasteiger partial charge in [-0.3, -0.25) is 4.90 Å². The Morgan fingerprint density at radius 2 is 1.69 bits per heavy atom. The van der Waals surface area contributed by atoms with E-state index in [1.165, 1.54) is 5.56 Å². The van der Waals surface area contributed by atoms with Gasteiger partial charge in [-0.05, 0) is 26.3 Å². The minimum absolute atomic E-state index is 0. The van der Waals surface area contributed by atoms with Crippen molar-refractivity contribution in [3.8, 4) is 0 Å². The molecule has 1 aromatic rings. The van der Waals surface area contributed by atoms with Crippen LogP contribution in [0.4, 0.5) is 0 Å². The van der Waals surface area contributed by atoms with Gasteiger partial charge in [0.05, 0.1) is 0 Å². The lowest BCUT2D eigenvalue weighted by Crippen LogP contribution is -2.39. The molecule has 0 aliphatic rings. The van der Waals surface area contributed by atoms with Gasteiger partial charge in [0.15, 0.2) is 0 Å². The Labute approximate surface area is 105 Å². The highest BCUT2D eigenvalue weighted by Crippen LogP contribution is 2.08. The Morgan fingerprint density at radius 3 is 2.12 bits per heavy atom. The van der Waals surface area contributed by atoms with Crippen LogP contribution in [-0.4, -0.2) is 23.5 Å². The van der Waals surface area contributed by atoms with Crippen LogP contribution in [0, 0.1) is 0 Å². The second kappa shape index (κ2) is 7.66. The molecule has 3 heteroatoms. The quantitative estimate of drug-likeness (QED) is 0.860. The lowest BCUT2D eigenvalue weighted by atomic mass is 10.1. The molecule has 0 aliphatic carbocycles. The van der Waals surface area contributed by atoms with Crippen LogP contribution in [0.5, 0.6) is 0 Å². The average molecular weight is 243 g/mol. The van der Waals surface area contributed by atoms with E-state index in [-0.39, 0.29) is 18.4 Å². The highest BCUT2D eigenvalue weighted by Gasteiger charge is 2.11. The molecule has 1 atom stereocenters. The predicted octanol–water partition coefficient (Wildman–Crippen LogP) is 2.67. The maximum Gasteiger partial charge on any atom is 0.0237 e. The van der Waals surface area contributed by atoms with Crippen LogP contribution in [0.2, 0.25) is 0 Å². The fourth-order valence-corrected chi connectivity index (χ4v) is 1.65. The normalized spacial score (nSPS) is 12.6. The Kier molecular flexibility index (Phi) is 7.39. The van der Waals surface area contributed by atoms with Crippen LogP contribution >= 0.6 is 12.4 Å². The van der Waals surface area contributed by atoms with Crippen molar-refractivity contribution in [2.75, 3.05) is 6.54 Å². The summed E-state index contributed by atoms with van der Waals surface area (Å²) in [6.45, 7) is 8.42. The fraction of sp³-hybridized carbons (Fsp3) is 0.538.